The topological polar surface area (TPSA) is 69.4 Å². The lowest BCUT2D eigenvalue weighted by atomic mass is 10.2. The van der Waals surface area contributed by atoms with Crippen molar-refractivity contribution >= 4 is 9.84 Å². The molecule has 0 amide bonds. The molecular weight excluding hydrogens is 259 g/mol. The van der Waals surface area contributed by atoms with Crippen molar-refractivity contribution in [3.8, 4) is 0 Å². The Kier molecular flexibility index (Phi) is 4.79. The summed E-state index contributed by atoms with van der Waals surface area (Å²) in [7, 11) is -3.78. The van der Waals surface area contributed by atoms with Crippen LogP contribution in [0.25, 0.3) is 0 Å². The maximum absolute atomic E-state index is 12.4. The molecule has 0 saturated carbocycles. The zero-order valence-electron chi connectivity index (χ0n) is 9.24. The summed E-state index contributed by atoms with van der Waals surface area (Å²) in [5.41, 5.74) is 4.96. The van der Waals surface area contributed by atoms with Crippen molar-refractivity contribution in [3.05, 3.63) is 0 Å². The SMILES string of the molecule is NCC(CS(=O)(=O)CC1CCCO1)C(F)(F)F. The smallest absolute Gasteiger partial charge is 0.377 e. The number of ether oxygens (including phenoxy) is 1. The highest BCUT2D eigenvalue weighted by Gasteiger charge is 2.41. The van der Waals surface area contributed by atoms with Gasteiger partial charge in [-0.25, -0.2) is 8.42 Å². The van der Waals surface area contributed by atoms with Crippen molar-refractivity contribution in [1.82, 2.24) is 0 Å². The first-order chi connectivity index (χ1) is 7.74. The number of halogens is 3. The minimum absolute atomic E-state index is 0.348. The molecule has 0 aromatic carbocycles. The van der Waals surface area contributed by atoms with Gasteiger partial charge in [-0.05, 0) is 12.8 Å². The van der Waals surface area contributed by atoms with Crippen molar-refractivity contribution in [2.24, 2.45) is 11.7 Å². The van der Waals surface area contributed by atoms with E-state index in [1.165, 1.54) is 0 Å². The van der Waals surface area contributed by atoms with Gasteiger partial charge in [0.05, 0.1) is 23.5 Å². The predicted molar refractivity (Wildman–Crippen MR) is 56.2 cm³/mol. The third-order valence-electron chi connectivity index (χ3n) is 2.67. The third-order valence-corrected chi connectivity index (χ3v) is 4.46. The van der Waals surface area contributed by atoms with Crippen LogP contribution in [0.2, 0.25) is 0 Å². The molecule has 8 heteroatoms. The predicted octanol–water partition coefficient (Wildman–Crippen LogP) is 0.717. The zero-order valence-corrected chi connectivity index (χ0v) is 10.1. The van der Waals surface area contributed by atoms with Crippen molar-refractivity contribution in [1.29, 1.82) is 0 Å². The Balaban J connectivity index is 2.58. The fourth-order valence-corrected chi connectivity index (χ4v) is 3.63. The lowest BCUT2D eigenvalue weighted by Crippen LogP contribution is -2.38. The van der Waals surface area contributed by atoms with Gasteiger partial charge in [-0.2, -0.15) is 13.2 Å². The molecule has 102 valence electrons. The second-order valence-electron chi connectivity index (χ2n) is 4.19. The molecule has 17 heavy (non-hydrogen) atoms. The van der Waals surface area contributed by atoms with Crippen LogP contribution in [0.5, 0.6) is 0 Å². The summed E-state index contributed by atoms with van der Waals surface area (Å²) in [4.78, 5) is 0. The first kappa shape index (κ1) is 14.7. The summed E-state index contributed by atoms with van der Waals surface area (Å²) in [6.07, 6.45) is -3.71. The van der Waals surface area contributed by atoms with Crippen molar-refractivity contribution < 1.29 is 26.3 Å². The molecule has 2 N–H and O–H groups in total. The first-order valence-corrected chi connectivity index (χ1v) is 7.15. The lowest BCUT2D eigenvalue weighted by molar-refractivity contribution is -0.165. The van der Waals surface area contributed by atoms with Gasteiger partial charge in [-0.15, -0.1) is 0 Å². The second-order valence-corrected chi connectivity index (χ2v) is 6.34. The minimum atomic E-state index is -4.57. The van der Waals surface area contributed by atoms with E-state index >= 15 is 0 Å². The van der Waals surface area contributed by atoms with Gasteiger partial charge >= 0.3 is 6.18 Å². The quantitative estimate of drug-likeness (QED) is 0.802. The molecule has 1 saturated heterocycles. The average Bonchev–Trinajstić information content (AvgIpc) is 2.64. The van der Waals surface area contributed by atoms with E-state index in [4.69, 9.17) is 10.5 Å². The van der Waals surface area contributed by atoms with Crippen LogP contribution >= 0.6 is 0 Å². The second kappa shape index (κ2) is 5.53. The monoisotopic (exact) mass is 275 g/mol. The van der Waals surface area contributed by atoms with Crippen LogP contribution in [0.1, 0.15) is 12.8 Å². The summed E-state index contributed by atoms with van der Waals surface area (Å²) in [5.74, 6) is -3.29. The summed E-state index contributed by atoms with van der Waals surface area (Å²) >= 11 is 0. The van der Waals surface area contributed by atoms with Gasteiger partial charge in [0, 0.05) is 13.2 Å². The lowest BCUT2D eigenvalue weighted by Gasteiger charge is -2.19. The third kappa shape index (κ3) is 4.81. The number of nitrogens with two attached hydrogens (primary N) is 1. The molecule has 4 nitrogen and oxygen atoms in total. The highest BCUT2D eigenvalue weighted by atomic mass is 32.2. The fourth-order valence-electron chi connectivity index (χ4n) is 1.73. The van der Waals surface area contributed by atoms with Crippen LogP contribution in [-0.2, 0) is 14.6 Å². The molecular formula is C9H16F3NO3S. The Hall–Kier alpha value is -0.340. The van der Waals surface area contributed by atoms with Crippen LogP contribution in [-0.4, -0.2) is 45.4 Å². The standard InChI is InChI=1S/C9H16F3NO3S/c10-9(11,12)7(4-13)5-17(14,15)6-8-2-1-3-16-8/h7-8H,1-6,13H2. The molecule has 1 fully saturated rings. The highest BCUT2D eigenvalue weighted by molar-refractivity contribution is 7.91. The number of alkyl halides is 3. The van der Waals surface area contributed by atoms with E-state index in [0.29, 0.717) is 13.0 Å². The molecule has 0 aromatic heterocycles. The van der Waals surface area contributed by atoms with Gasteiger partial charge in [-0.3, -0.25) is 0 Å². The Bertz CT molecular complexity index is 336. The van der Waals surface area contributed by atoms with E-state index < -0.39 is 40.3 Å². The van der Waals surface area contributed by atoms with Crippen LogP contribution in [0.4, 0.5) is 13.2 Å². The van der Waals surface area contributed by atoms with Crippen LogP contribution < -0.4 is 5.73 Å². The first-order valence-electron chi connectivity index (χ1n) is 5.33. The van der Waals surface area contributed by atoms with E-state index in [0.717, 1.165) is 6.42 Å². The molecule has 0 spiro atoms. The number of hydrogen-bond donors (Lipinski definition) is 1. The maximum atomic E-state index is 12.4. The summed E-state index contributed by atoms with van der Waals surface area (Å²) in [6.45, 7) is -0.242. The molecule has 1 aliphatic heterocycles. The number of sulfone groups is 1. The molecule has 1 rings (SSSR count). The van der Waals surface area contributed by atoms with Crippen molar-refractivity contribution in [3.63, 3.8) is 0 Å². The highest BCUT2D eigenvalue weighted by Crippen LogP contribution is 2.27. The molecule has 1 heterocycles. The van der Waals surface area contributed by atoms with Gasteiger partial charge < -0.3 is 10.5 Å². The van der Waals surface area contributed by atoms with Crippen LogP contribution in [0, 0.1) is 5.92 Å². The summed E-state index contributed by atoms with van der Waals surface area (Å²) in [5, 5.41) is 0. The summed E-state index contributed by atoms with van der Waals surface area (Å²) < 4.78 is 65.4. The molecule has 2 atom stereocenters. The Morgan fingerprint density at radius 2 is 2.06 bits per heavy atom. The van der Waals surface area contributed by atoms with Crippen molar-refractivity contribution in [2.75, 3.05) is 24.7 Å². The van der Waals surface area contributed by atoms with E-state index in [1.807, 2.05) is 0 Å². The van der Waals surface area contributed by atoms with E-state index in [9.17, 15) is 21.6 Å². The molecule has 0 radical (unpaired) electrons. The molecule has 0 aromatic rings. The van der Waals surface area contributed by atoms with Gasteiger partial charge in [0.1, 0.15) is 0 Å². The van der Waals surface area contributed by atoms with Crippen LogP contribution in [0.15, 0.2) is 0 Å². The minimum Gasteiger partial charge on any atom is -0.377 e. The van der Waals surface area contributed by atoms with E-state index in [-0.39, 0.29) is 5.75 Å². The van der Waals surface area contributed by atoms with Gasteiger partial charge in [0.15, 0.2) is 9.84 Å². The van der Waals surface area contributed by atoms with Crippen LogP contribution in [0.3, 0.4) is 0 Å². The number of hydrogen-bond acceptors (Lipinski definition) is 4. The Morgan fingerprint density at radius 3 is 2.47 bits per heavy atom. The van der Waals surface area contributed by atoms with Crippen molar-refractivity contribution in [2.45, 2.75) is 25.1 Å². The maximum Gasteiger partial charge on any atom is 0.393 e. The van der Waals surface area contributed by atoms with Gasteiger partial charge in [0.2, 0.25) is 0 Å². The van der Waals surface area contributed by atoms with Gasteiger partial charge in [-0.1, -0.05) is 0 Å². The molecule has 1 aliphatic rings. The molecule has 2 unspecified atom stereocenters. The number of rotatable bonds is 5. The normalized spacial score (nSPS) is 23.9. The molecule has 0 bridgehead atoms. The average molecular weight is 275 g/mol. The Labute approximate surface area is 98.2 Å². The fraction of sp³-hybridized carbons (Fsp3) is 1.00. The van der Waals surface area contributed by atoms with Gasteiger partial charge in [0.25, 0.3) is 0 Å². The zero-order chi connectivity index (χ0) is 13.1. The summed E-state index contributed by atoms with van der Waals surface area (Å²) in [6, 6.07) is 0. The largest absolute Gasteiger partial charge is 0.393 e. The van der Waals surface area contributed by atoms with E-state index in [2.05, 4.69) is 0 Å². The Morgan fingerprint density at radius 1 is 1.41 bits per heavy atom. The molecule has 0 aliphatic carbocycles. The van der Waals surface area contributed by atoms with E-state index in [1.54, 1.807) is 0 Å².